The molecule has 0 fully saturated rings. The summed E-state index contributed by atoms with van der Waals surface area (Å²) in [6, 6.07) is 0. The zero-order chi connectivity index (χ0) is 18.8. The molecule has 0 heterocycles. The van der Waals surface area contributed by atoms with E-state index in [9.17, 15) is 9.59 Å². The molecule has 0 aliphatic rings. The van der Waals surface area contributed by atoms with Gasteiger partial charge in [-0.25, -0.2) is 0 Å². The first kappa shape index (κ1) is 24.6. The maximum atomic E-state index is 11.4. The summed E-state index contributed by atoms with van der Waals surface area (Å²) in [5.41, 5.74) is 0. The highest BCUT2D eigenvalue weighted by Crippen LogP contribution is 2.11. The zero-order valence-electron chi connectivity index (χ0n) is 14.9. The summed E-state index contributed by atoms with van der Waals surface area (Å²) in [4.78, 5) is 22.8. The van der Waals surface area contributed by atoms with Crippen LogP contribution in [0.1, 0.15) is 39.5 Å². The number of carbonyl (C=O) groups excluding carboxylic acids is 2. The van der Waals surface area contributed by atoms with Crippen LogP contribution < -0.4 is 0 Å². The number of aliphatic hydroxyl groups is 2. The second kappa shape index (κ2) is 17.7. The maximum absolute atomic E-state index is 11.4. The first-order valence-corrected chi connectivity index (χ1v) is 8.28. The molecule has 0 aliphatic heterocycles. The molecule has 0 saturated carbocycles. The van der Waals surface area contributed by atoms with E-state index in [4.69, 9.17) is 19.7 Å². The number of ether oxygens (including phenoxy) is 2. The first-order chi connectivity index (χ1) is 11.5. The van der Waals surface area contributed by atoms with Gasteiger partial charge in [0.15, 0.2) is 5.92 Å². The van der Waals surface area contributed by atoms with Gasteiger partial charge in [0.2, 0.25) is 0 Å². The van der Waals surface area contributed by atoms with Gasteiger partial charge in [0.1, 0.15) is 0 Å². The standard InChI is InChI=1S/C11H18O4.C7H14O2/c1-4-7-8-9(10(12)14-5-2)11(13)15-6-3;1-2-3-4-7(5-8)6-9/h4,9H,1,5-8H2,2-3H3;2,7-9H,1,3-6H2. The van der Waals surface area contributed by atoms with Crippen LogP contribution in [0, 0.1) is 11.8 Å². The Morgan fingerprint density at radius 1 is 0.917 bits per heavy atom. The molecule has 0 aromatic carbocycles. The zero-order valence-corrected chi connectivity index (χ0v) is 14.9. The van der Waals surface area contributed by atoms with E-state index in [1.807, 2.05) is 0 Å². The fourth-order valence-electron chi connectivity index (χ4n) is 1.70. The minimum atomic E-state index is -0.817. The predicted octanol–water partition coefficient (Wildman–Crippen LogP) is 2.25. The van der Waals surface area contributed by atoms with E-state index in [0.717, 1.165) is 12.8 Å². The topological polar surface area (TPSA) is 93.1 Å². The summed E-state index contributed by atoms with van der Waals surface area (Å²) in [6.45, 7) is 11.2. The van der Waals surface area contributed by atoms with Crippen LogP contribution >= 0.6 is 0 Å². The Balaban J connectivity index is 0. The third-order valence-electron chi connectivity index (χ3n) is 3.10. The molecule has 0 bridgehead atoms. The van der Waals surface area contributed by atoms with Gasteiger partial charge in [-0.2, -0.15) is 0 Å². The van der Waals surface area contributed by atoms with Gasteiger partial charge in [-0.15, -0.1) is 13.2 Å². The molecule has 140 valence electrons. The molecular formula is C18H32O6. The van der Waals surface area contributed by atoms with Crippen molar-refractivity contribution in [2.24, 2.45) is 11.8 Å². The van der Waals surface area contributed by atoms with Gasteiger partial charge in [-0.3, -0.25) is 9.59 Å². The van der Waals surface area contributed by atoms with Gasteiger partial charge < -0.3 is 19.7 Å². The molecule has 2 N–H and O–H groups in total. The molecule has 0 aromatic rings. The Labute approximate surface area is 145 Å². The molecule has 0 aromatic heterocycles. The molecule has 0 spiro atoms. The van der Waals surface area contributed by atoms with Crippen molar-refractivity contribution in [2.45, 2.75) is 39.5 Å². The van der Waals surface area contributed by atoms with Crippen molar-refractivity contribution in [3.63, 3.8) is 0 Å². The highest BCUT2D eigenvalue weighted by atomic mass is 16.6. The number of esters is 2. The lowest BCUT2D eigenvalue weighted by Crippen LogP contribution is -2.28. The molecule has 0 rings (SSSR count). The fraction of sp³-hybridized carbons (Fsp3) is 0.667. The number of allylic oxidation sites excluding steroid dienone is 2. The van der Waals surface area contributed by atoms with E-state index in [2.05, 4.69) is 13.2 Å². The third kappa shape index (κ3) is 12.8. The van der Waals surface area contributed by atoms with Crippen LogP contribution in [0.5, 0.6) is 0 Å². The van der Waals surface area contributed by atoms with Gasteiger partial charge in [-0.1, -0.05) is 12.2 Å². The van der Waals surface area contributed by atoms with Crippen molar-refractivity contribution < 1.29 is 29.3 Å². The summed E-state index contributed by atoms with van der Waals surface area (Å²) in [5, 5.41) is 17.1. The normalized spacial score (nSPS) is 9.92. The lowest BCUT2D eigenvalue weighted by atomic mass is 10.0. The van der Waals surface area contributed by atoms with Crippen LogP contribution in [0.3, 0.4) is 0 Å². The molecular weight excluding hydrogens is 312 g/mol. The highest BCUT2D eigenvalue weighted by molar-refractivity contribution is 5.94. The van der Waals surface area contributed by atoms with Gasteiger partial charge in [0.05, 0.1) is 13.2 Å². The van der Waals surface area contributed by atoms with Gasteiger partial charge >= 0.3 is 11.9 Å². The fourth-order valence-corrected chi connectivity index (χ4v) is 1.70. The molecule has 0 radical (unpaired) electrons. The van der Waals surface area contributed by atoms with Crippen molar-refractivity contribution in [2.75, 3.05) is 26.4 Å². The SMILES string of the molecule is C=CCCC(C(=O)OCC)C(=O)OCC.C=CCCC(CO)CO. The molecule has 24 heavy (non-hydrogen) atoms. The molecule has 0 unspecified atom stereocenters. The van der Waals surface area contributed by atoms with E-state index in [-0.39, 0.29) is 32.3 Å². The average molecular weight is 344 g/mol. The van der Waals surface area contributed by atoms with Gasteiger partial charge in [0, 0.05) is 19.1 Å². The predicted molar refractivity (Wildman–Crippen MR) is 93.3 cm³/mol. The van der Waals surface area contributed by atoms with Crippen LogP contribution in [-0.2, 0) is 19.1 Å². The van der Waals surface area contributed by atoms with Crippen LogP contribution in [0.25, 0.3) is 0 Å². The van der Waals surface area contributed by atoms with Crippen LogP contribution in [-0.4, -0.2) is 48.6 Å². The summed E-state index contributed by atoms with van der Waals surface area (Å²) in [5.74, 6) is -1.80. The van der Waals surface area contributed by atoms with Crippen LogP contribution in [0.2, 0.25) is 0 Å². The third-order valence-corrected chi connectivity index (χ3v) is 3.10. The molecule has 0 saturated heterocycles. The monoisotopic (exact) mass is 344 g/mol. The van der Waals surface area contributed by atoms with E-state index in [1.165, 1.54) is 0 Å². The molecule has 6 nitrogen and oxygen atoms in total. The van der Waals surface area contributed by atoms with E-state index >= 15 is 0 Å². The number of aliphatic hydroxyl groups excluding tert-OH is 2. The minimum absolute atomic E-state index is 0.0444. The Morgan fingerprint density at radius 3 is 1.67 bits per heavy atom. The number of rotatable bonds is 12. The Kier molecular flexibility index (Phi) is 18.1. The summed E-state index contributed by atoms with van der Waals surface area (Å²) in [6.07, 6.45) is 6.12. The Morgan fingerprint density at radius 2 is 1.33 bits per heavy atom. The van der Waals surface area contributed by atoms with Crippen molar-refractivity contribution in [1.29, 1.82) is 0 Å². The highest BCUT2D eigenvalue weighted by Gasteiger charge is 2.28. The van der Waals surface area contributed by atoms with E-state index < -0.39 is 17.9 Å². The van der Waals surface area contributed by atoms with Crippen molar-refractivity contribution in [1.82, 2.24) is 0 Å². The lowest BCUT2D eigenvalue weighted by molar-refractivity contribution is -0.161. The first-order valence-electron chi connectivity index (χ1n) is 8.28. The van der Waals surface area contributed by atoms with Crippen molar-refractivity contribution in [3.8, 4) is 0 Å². The van der Waals surface area contributed by atoms with E-state index in [0.29, 0.717) is 12.8 Å². The molecule has 0 aliphatic carbocycles. The van der Waals surface area contributed by atoms with Gasteiger partial charge in [0.25, 0.3) is 0 Å². The lowest BCUT2D eigenvalue weighted by Gasteiger charge is -2.12. The summed E-state index contributed by atoms with van der Waals surface area (Å²) >= 11 is 0. The second-order valence-electron chi connectivity index (χ2n) is 5.02. The summed E-state index contributed by atoms with van der Waals surface area (Å²) < 4.78 is 9.59. The van der Waals surface area contributed by atoms with Crippen LogP contribution in [0.4, 0.5) is 0 Å². The minimum Gasteiger partial charge on any atom is -0.465 e. The van der Waals surface area contributed by atoms with Crippen molar-refractivity contribution >= 4 is 11.9 Å². The van der Waals surface area contributed by atoms with Crippen molar-refractivity contribution in [3.05, 3.63) is 25.3 Å². The molecule has 0 atom stereocenters. The second-order valence-corrected chi connectivity index (χ2v) is 5.02. The Hall–Kier alpha value is -1.66. The number of hydrogen-bond acceptors (Lipinski definition) is 6. The Bertz CT molecular complexity index is 331. The summed E-state index contributed by atoms with van der Waals surface area (Å²) in [7, 11) is 0. The number of carbonyl (C=O) groups is 2. The van der Waals surface area contributed by atoms with E-state index in [1.54, 1.807) is 26.0 Å². The maximum Gasteiger partial charge on any atom is 0.320 e. The largest absolute Gasteiger partial charge is 0.465 e. The van der Waals surface area contributed by atoms with Gasteiger partial charge in [-0.05, 0) is 39.5 Å². The quantitative estimate of drug-likeness (QED) is 0.320. The smallest absolute Gasteiger partial charge is 0.320 e. The van der Waals surface area contributed by atoms with Crippen LogP contribution in [0.15, 0.2) is 25.3 Å². The molecule has 6 heteroatoms. The average Bonchev–Trinajstić information content (AvgIpc) is 2.57. The molecule has 0 amide bonds. The number of hydrogen-bond donors (Lipinski definition) is 2.